The number of nitrogens with zero attached hydrogens (tertiary/aromatic N) is 2. The fourth-order valence-electron chi connectivity index (χ4n) is 6.57. The third kappa shape index (κ3) is 2.95. The molecule has 1 heterocycles. The summed E-state index contributed by atoms with van der Waals surface area (Å²) in [5, 5.41) is 1.93. The van der Waals surface area contributed by atoms with Crippen molar-refractivity contribution in [1.82, 2.24) is 0 Å². The maximum absolute atomic E-state index is 13.8. The van der Waals surface area contributed by atoms with Crippen molar-refractivity contribution in [2.75, 3.05) is 43.4 Å². The van der Waals surface area contributed by atoms with Crippen molar-refractivity contribution in [3.8, 4) is 0 Å². The second-order valence-corrected chi connectivity index (χ2v) is 9.07. The van der Waals surface area contributed by atoms with Gasteiger partial charge in [-0.25, -0.2) is 0 Å². The second-order valence-electron chi connectivity index (χ2n) is 9.07. The van der Waals surface area contributed by atoms with Crippen molar-refractivity contribution in [2.24, 2.45) is 23.2 Å². The molecule has 0 saturated heterocycles. The van der Waals surface area contributed by atoms with Gasteiger partial charge in [0.2, 0.25) is 5.91 Å². The van der Waals surface area contributed by atoms with Crippen LogP contribution in [0.3, 0.4) is 0 Å². The molecule has 0 atom stereocenters. The molecule has 0 aromatic heterocycles. The first-order valence-electron chi connectivity index (χ1n) is 10.5. The Bertz CT molecular complexity index is 684. The molecule has 4 fully saturated rings. The van der Waals surface area contributed by atoms with Gasteiger partial charge >= 0.3 is 0 Å². The maximum Gasteiger partial charge on any atom is 0.233 e. The van der Waals surface area contributed by atoms with Gasteiger partial charge in [0.1, 0.15) is 0 Å². The van der Waals surface area contributed by atoms with E-state index >= 15 is 0 Å². The van der Waals surface area contributed by atoms with Gasteiger partial charge in [-0.05, 0) is 68.4 Å². The van der Waals surface area contributed by atoms with Crippen LogP contribution >= 0.6 is 0 Å². The predicted octanol–water partition coefficient (Wildman–Crippen LogP) is 3.63. The average Bonchev–Trinajstić information content (AvgIpc) is 2.67. The molecule has 6 rings (SSSR count). The molecule has 5 aliphatic rings. The molecule has 0 unspecified atom stereocenters. The van der Waals surface area contributed by atoms with Crippen molar-refractivity contribution in [1.29, 1.82) is 0 Å². The van der Waals surface area contributed by atoms with Crippen LogP contribution < -0.4 is 9.96 Å². The largest absolute Gasteiger partial charge is 0.382 e. The molecule has 146 valence electrons. The highest BCUT2D eigenvalue weighted by Gasteiger charge is 2.56. The number of methoxy groups -OCH3 is 1. The van der Waals surface area contributed by atoms with Gasteiger partial charge in [-0.3, -0.25) is 14.7 Å². The lowest BCUT2D eigenvalue weighted by Crippen LogP contribution is -2.56. The summed E-state index contributed by atoms with van der Waals surface area (Å²) in [6.45, 7) is 2.49. The van der Waals surface area contributed by atoms with Crippen molar-refractivity contribution in [3.05, 3.63) is 24.3 Å². The van der Waals surface area contributed by atoms with Gasteiger partial charge < -0.3 is 9.64 Å². The zero-order chi connectivity index (χ0) is 18.4. The monoisotopic (exact) mass is 370 g/mol. The van der Waals surface area contributed by atoms with Gasteiger partial charge in [0.25, 0.3) is 0 Å². The summed E-state index contributed by atoms with van der Waals surface area (Å²) in [4.78, 5) is 21.8. The van der Waals surface area contributed by atoms with Crippen LogP contribution in [0.1, 0.15) is 38.5 Å². The Labute approximate surface area is 161 Å². The first kappa shape index (κ1) is 17.5. The summed E-state index contributed by atoms with van der Waals surface area (Å²) >= 11 is 0. The third-order valence-electron chi connectivity index (χ3n) is 7.24. The molecule has 27 heavy (non-hydrogen) atoms. The van der Waals surface area contributed by atoms with Gasteiger partial charge in [-0.1, -0.05) is 12.1 Å². The molecule has 4 saturated carbocycles. The molecular formula is C22H30N2O3. The van der Waals surface area contributed by atoms with Crippen LogP contribution in [0, 0.1) is 23.2 Å². The van der Waals surface area contributed by atoms with E-state index in [0.29, 0.717) is 32.2 Å². The number of hydrogen-bond acceptors (Lipinski definition) is 4. The van der Waals surface area contributed by atoms with Gasteiger partial charge in [-0.2, -0.15) is 0 Å². The minimum absolute atomic E-state index is 0.0963. The average molecular weight is 370 g/mol. The summed E-state index contributed by atoms with van der Waals surface area (Å²) in [5.41, 5.74) is 1.90. The Hall–Kier alpha value is -1.59. The Kier molecular flexibility index (Phi) is 4.40. The van der Waals surface area contributed by atoms with Gasteiger partial charge in [0.15, 0.2) is 0 Å². The van der Waals surface area contributed by atoms with Crippen LogP contribution in [0.4, 0.5) is 11.4 Å². The zero-order valence-electron chi connectivity index (χ0n) is 16.2. The number of carbonyl (C=O) groups is 1. The SMILES string of the molecule is COCCON1CCN(C(=O)C23CC4CC(CC(C4)C2)C3)c2ccccc21. The molecule has 1 aliphatic heterocycles. The van der Waals surface area contributed by atoms with Gasteiger partial charge in [0.05, 0.1) is 36.5 Å². The van der Waals surface area contributed by atoms with E-state index in [4.69, 9.17) is 9.57 Å². The van der Waals surface area contributed by atoms with E-state index in [-0.39, 0.29) is 5.41 Å². The van der Waals surface area contributed by atoms with Crippen molar-refractivity contribution in [2.45, 2.75) is 38.5 Å². The van der Waals surface area contributed by atoms with Crippen LogP contribution in [0.25, 0.3) is 0 Å². The number of ether oxygens (including phenoxy) is 1. The molecule has 0 radical (unpaired) electrons. The molecule has 0 spiro atoms. The highest BCUT2D eigenvalue weighted by atomic mass is 16.7. The summed E-state index contributed by atoms with van der Waals surface area (Å²) in [5.74, 6) is 2.74. The molecule has 1 aromatic carbocycles. The lowest BCUT2D eigenvalue weighted by Gasteiger charge is -2.57. The van der Waals surface area contributed by atoms with Crippen LogP contribution in [0.2, 0.25) is 0 Å². The number of fused-ring (bicyclic) bond motifs is 1. The van der Waals surface area contributed by atoms with E-state index < -0.39 is 0 Å². The fraction of sp³-hybridized carbons (Fsp3) is 0.682. The van der Waals surface area contributed by atoms with E-state index in [1.165, 1.54) is 19.3 Å². The number of hydroxylamine groups is 1. The first-order chi connectivity index (χ1) is 13.2. The lowest BCUT2D eigenvalue weighted by molar-refractivity contribution is -0.143. The van der Waals surface area contributed by atoms with Crippen molar-refractivity contribution >= 4 is 17.3 Å². The number of amides is 1. The van der Waals surface area contributed by atoms with Crippen LogP contribution in [0.15, 0.2) is 24.3 Å². The molecule has 1 amide bonds. The van der Waals surface area contributed by atoms with E-state index in [0.717, 1.165) is 48.4 Å². The molecule has 5 nitrogen and oxygen atoms in total. The Balaban J connectivity index is 1.40. The Morgan fingerprint density at radius 1 is 1.00 bits per heavy atom. The number of para-hydroxylation sites is 2. The molecule has 0 N–H and O–H groups in total. The quantitative estimate of drug-likeness (QED) is 0.742. The molecule has 4 aliphatic carbocycles. The van der Waals surface area contributed by atoms with Crippen molar-refractivity contribution < 1.29 is 14.4 Å². The Morgan fingerprint density at radius 3 is 2.26 bits per heavy atom. The maximum atomic E-state index is 13.8. The summed E-state index contributed by atoms with van der Waals surface area (Å²) < 4.78 is 5.10. The minimum atomic E-state index is -0.0963. The Morgan fingerprint density at radius 2 is 1.63 bits per heavy atom. The van der Waals surface area contributed by atoms with E-state index in [9.17, 15) is 4.79 Å². The fourth-order valence-corrected chi connectivity index (χ4v) is 6.57. The van der Waals surface area contributed by atoms with Crippen LogP contribution in [-0.2, 0) is 14.4 Å². The van der Waals surface area contributed by atoms with Crippen molar-refractivity contribution in [3.63, 3.8) is 0 Å². The smallest absolute Gasteiger partial charge is 0.233 e. The summed E-state index contributed by atoms with van der Waals surface area (Å²) in [7, 11) is 1.68. The first-order valence-corrected chi connectivity index (χ1v) is 10.5. The normalized spacial score (nSPS) is 34.0. The zero-order valence-corrected chi connectivity index (χ0v) is 16.2. The van der Waals surface area contributed by atoms with E-state index in [2.05, 4.69) is 17.0 Å². The number of carbonyl (C=O) groups excluding carboxylic acids is 1. The molecule has 4 bridgehead atoms. The second kappa shape index (κ2) is 6.78. The number of hydrogen-bond donors (Lipinski definition) is 0. The topological polar surface area (TPSA) is 42.0 Å². The highest BCUT2D eigenvalue weighted by molar-refractivity contribution is 6.01. The summed E-state index contributed by atoms with van der Waals surface area (Å²) in [6, 6.07) is 8.17. The lowest BCUT2D eigenvalue weighted by atomic mass is 9.49. The molecule has 5 heteroatoms. The van der Waals surface area contributed by atoms with Gasteiger partial charge in [-0.15, -0.1) is 0 Å². The predicted molar refractivity (Wildman–Crippen MR) is 105 cm³/mol. The van der Waals surface area contributed by atoms with Gasteiger partial charge in [0, 0.05) is 13.7 Å². The number of rotatable bonds is 5. The molecule has 1 aromatic rings. The third-order valence-corrected chi connectivity index (χ3v) is 7.24. The van der Waals surface area contributed by atoms with Crippen LogP contribution in [0.5, 0.6) is 0 Å². The standard InChI is InChI=1S/C22H30N2O3/c1-26-8-9-27-24-7-6-23(19-4-2-3-5-20(19)24)21(25)22-13-16-10-17(14-22)12-18(11-16)15-22/h2-5,16-18H,6-15H2,1H3. The van der Waals surface area contributed by atoms with E-state index in [1.54, 1.807) is 7.11 Å². The number of benzene rings is 1. The van der Waals surface area contributed by atoms with Crippen LogP contribution in [-0.4, -0.2) is 39.3 Å². The number of anilines is 2. The minimum Gasteiger partial charge on any atom is -0.382 e. The van der Waals surface area contributed by atoms with E-state index in [1.807, 2.05) is 17.2 Å². The highest BCUT2D eigenvalue weighted by Crippen LogP contribution is 2.61. The molecular weight excluding hydrogens is 340 g/mol. The summed E-state index contributed by atoms with van der Waals surface area (Å²) in [6.07, 6.45) is 7.44.